The first-order chi connectivity index (χ1) is 7.61. The van der Waals surface area contributed by atoms with Gasteiger partial charge in [-0.3, -0.25) is 4.98 Å². The van der Waals surface area contributed by atoms with Gasteiger partial charge in [0.05, 0.1) is 17.1 Å². The van der Waals surface area contributed by atoms with Gasteiger partial charge in [0.1, 0.15) is 6.07 Å². The van der Waals surface area contributed by atoms with Crippen LogP contribution in [0.15, 0.2) is 18.3 Å². The second-order valence-corrected chi connectivity index (χ2v) is 6.27. The van der Waals surface area contributed by atoms with Crippen LogP contribution in [0.4, 0.5) is 0 Å². The minimum Gasteiger partial charge on any atom is -0.260 e. The van der Waals surface area contributed by atoms with Gasteiger partial charge in [-0.1, -0.05) is 0 Å². The number of sulfone groups is 1. The predicted molar refractivity (Wildman–Crippen MR) is 59.6 cm³/mol. The molecule has 0 aliphatic carbocycles. The normalized spacial score (nSPS) is 23.6. The highest BCUT2D eigenvalue weighted by molar-refractivity contribution is 7.91. The lowest BCUT2D eigenvalue weighted by Crippen LogP contribution is -2.24. The molecule has 1 aliphatic rings. The zero-order valence-electron chi connectivity index (χ0n) is 8.76. The van der Waals surface area contributed by atoms with Crippen LogP contribution >= 0.6 is 0 Å². The molecule has 1 unspecified atom stereocenters. The minimum absolute atomic E-state index is 0.00788. The number of rotatable bonds is 1. The Morgan fingerprint density at radius 1 is 1.44 bits per heavy atom. The van der Waals surface area contributed by atoms with E-state index in [1.807, 2.05) is 6.07 Å². The SMILES string of the molecule is N#Cc1ccc(C2CCCS(=O)(=O)C2)nc1. The van der Waals surface area contributed by atoms with Crippen LogP contribution in [0.25, 0.3) is 0 Å². The molecule has 1 aromatic heterocycles. The maximum Gasteiger partial charge on any atom is 0.150 e. The van der Waals surface area contributed by atoms with Crippen molar-refractivity contribution in [2.24, 2.45) is 0 Å². The Kier molecular flexibility index (Phi) is 2.92. The molecule has 1 aliphatic heterocycles. The molecule has 84 valence electrons. The average Bonchev–Trinajstić information content (AvgIpc) is 2.28. The summed E-state index contributed by atoms with van der Waals surface area (Å²) in [6.07, 6.45) is 3.06. The van der Waals surface area contributed by atoms with Crippen molar-refractivity contribution in [3.63, 3.8) is 0 Å². The van der Waals surface area contributed by atoms with Gasteiger partial charge in [0, 0.05) is 17.8 Å². The summed E-state index contributed by atoms with van der Waals surface area (Å²) in [5.74, 6) is 0.470. The molecule has 0 spiro atoms. The molecule has 4 nitrogen and oxygen atoms in total. The van der Waals surface area contributed by atoms with Gasteiger partial charge in [0.25, 0.3) is 0 Å². The number of aromatic nitrogens is 1. The summed E-state index contributed by atoms with van der Waals surface area (Å²) in [4.78, 5) is 4.15. The topological polar surface area (TPSA) is 70.8 Å². The fraction of sp³-hybridized carbons (Fsp3) is 0.455. The quantitative estimate of drug-likeness (QED) is 0.735. The molecule has 0 N–H and O–H groups in total. The van der Waals surface area contributed by atoms with Crippen molar-refractivity contribution in [3.8, 4) is 6.07 Å². The van der Waals surface area contributed by atoms with E-state index in [1.54, 1.807) is 12.1 Å². The molecule has 1 fully saturated rings. The largest absolute Gasteiger partial charge is 0.260 e. The standard InChI is InChI=1S/C11H12N2O2S/c12-6-9-3-4-11(13-7-9)10-2-1-5-16(14,15)8-10/h3-4,7,10H,1-2,5,8H2. The Labute approximate surface area is 94.9 Å². The van der Waals surface area contributed by atoms with Crippen molar-refractivity contribution in [3.05, 3.63) is 29.6 Å². The lowest BCUT2D eigenvalue weighted by Gasteiger charge is -2.21. The molecule has 1 aromatic rings. The molecule has 0 aromatic carbocycles. The van der Waals surface area contributed by atoms with Gasteiger partial charge in [-0.25, -0.2) is 8.42 Å². The van der Waals surface area contributed by atoms with Crippen molar-refractivity contribution in [2.45, 2.75) is 18.8 Å². The van der Waals surface area contributed by atoms with Crippen molar-refractivity contribution < 1.29 is 8.42 Å². The number of pyridine rings is 1. The number of nitrogens with zero attached hydrogens (tertiary/aromatic N) is 2. The van der Waals surface area contributed by atoms with Gasteiger partial charge in [-0.15, -0.1) is 0 Å². The summed E-state index contributed by atoms with van der Waals surface area (Å²) < 4.78 is 23.0. The van der Waals surface area contributed by atoms with Gasteiger partial charge in [0.15, 0.2) is 9.84 Å². The second kappa shape index (κ2) is 4.22. The molecule has 5 heteroatoms. The van der Waals surface area contributed by atoms with Gasteiger partial charge in [-0.2, -0.15) is 5.26 Å². The lowest BCUT2D eigenvalue weighted by atomic mass is 10.0. The highest BCUT2D eigenvalue weighted by atomic mass is 32.2. The van der Waals surface area contributed by atoms with Crippen LogP contribution in [0.3, 0.4) is 0 Å². The lowest BCUT2D eigenvalue weighted by molar-refractivity contribution is 0.549. The van der Waals surface area contributed by atoms with E-state index in [4.69, 9.17) is 5.26 Å². The Morgan fingerprint density at radius 3 is 2.81 bits per heavy atom. The van der Waals surface area contributed by atoms with Gasteiger partial charge < -0.3 is 0 Å². The molecule has 2 rings (SSSR count). The van der Waals surface area contributed by atoms with E-state index in [1.165, 1.54) is 6.20 Å². The van der Waals surface area contributed by atoms with Gasteiger partial charge in [-0.05, 0) is 25.0 Å². The van der Waals surface area contributed by atoms with Crippen LogP contribution < -0.4 is 0 Å². The van der Waals surface area contributed by atoms with Crippen molar-refractivity contribution >= 4 is 9.84 Å². The van der Waals surface area contributed by atoms with E-state index in [9.17, 15) is 8.42 Å². The maximum absolute atomic E-state index is 11.5. The highest BCUT2D eigenvalue weighted by Crippen LogP contribution is 2.26. The molecule has 0 bridgehead atoms. The zero-order valence-corrected chi connectivity index (χ0v) is 9.57. The van der Waals surface area contributed by atoms with Gasteiger partial charge in [0.2, 0.25) is 0 Å². The molecular weight excluding hydrogens is 224 g/mol. The smallest absolute Gasteiger partial charge is 0.150 e. The second-order valence-electron chi connectivity index (χ2n) is 4.04. The van der Waals surface area contributed by atoms with Crippen LogP contribution in [0.1, 0.15) is 30.0 Å². The molecule has 2 heterocycles. The molecule has 0 amide bonds. The van der Waals surface area contributed by atoms with Crippen molar-refractivity contribution in [1.29, 1.82) is 5.26 Å². The maximum atomic E-state index is 11.5. The van der Waals surface area contributed by atoms with Crippen LogP contribution in [0, 0.1) is 11.3 Å². The van der Waals surface area contributed by atoms with E-state index in [-0.39, 0.29) is 11.7 Å². The van der Waals surface area contributed by atoms with Crippen molar-refractivity contribution in [1.82, 2.24) is 4.98 Å². The molecular formula is C11H12N2O2S. The summed E-state index contributed by atoms with van der Waals surface area (Å²) in [5, 5.41) is 8.64. The predicted octanol–water partition coefficient (Wildman–Crippen LogP) is 1.25. The third-order valence-corrected chi connectivity index (χ3v) is 4.62. The fourth-order valence-corrected chi connectivity index (χ4v) is 3.69. The molecule has 1 saturated heterocycles. The molecule has 0 saturated carbocycles. The number of hydrogen-bond donors (Lipinski definition) is 0. The summed E-state index contributed by atoms with van der Waals surface area (Å²) >= 11 is 0. The molecule has 1 atom stereocenters. The minimum atomic E-state index is -2.90. The molecule has 0 radical (unpaired) electrons. The van der Waals surface area contributed by atoms with Crippen LogP contribution in [-0.2, 0) is 9.84 Å². The Balaban J connectivity index is 2.21. The summed E-state index contributed by atoms with van der Waals surface area (Å²) in [6, 6.07) is 5.43. The first kappa shape index (κ1) is 11.1. The molecule has 16 heavy (non-hydrogen) atoms. The van der Waals surface area contributed by atoms with E-state index in [0.29, 0.717) is 17.7 Å². The third kappa shape index (κ3) is 2.39. The van der Waals surface area contributed by atoms with Crippen LogP contribution in [0.2, 0.25) is 0 Å². The van der Waals surface area contributed by atoms with E-state index in [2.05, 4.69) is 4.98 Å². The fourth-order valence-electron chi connectivity index (χ4n) is 1.97. The summed E-state index contributed by atoms with van der Waals surface area (Å²) in [6.45, 7) is 0. The van der Waals surface area contributed by atoms with E-state index < -0.39 is 9.84 Å². The third-order valence-electron chi connectivity index (χ3n) is 2.80. The van der Waals surface area contributed by atoms with Gasteiger partial charge >= 0.3 is 0 Å². The summed E-state index contributed by atoms with van der Waals surface area (Å²) in [7, 11) is -2.90. The van der Waals surface area contributed by atoms with Crippen LogP contribution in [-0.4, -0.2) is 24.9 Å². The van der Waals surface area contributed by atoms with E-state index >= 15 is 0 Å². The average molecular weight is 236 g/mol. The van der Waals surface area contributed by atoms with E-state index in [0.717, 1.165) is 12.1 Å². The van der Waals surface area contributed by atoms with Crippen LogP contribution in [0.5, 0.6) is 0 Å². The zero-order chi connectivity index (χ0) is 11.6. The number of nitriles is 1. The van der Waals surface area contributed by atoms with Crippen molar-refractivity contribution in [2.75, 3.05) is 11.5 Å². The summed E-state index contributed by atoms with van der Waals surface area (Å²) in [5.41, 5.74) is 1.28. The Morgan fingerprint density at radius 2 is 2.25 bits per heavy atom. The Hall–Kier alpha value is -1.41. The number of hydrogen-bond acceptors (Lipinski definition) is 4. The monoisotopic (exact) mass is 236 g/mol. The highest BCUT2D eigenvalue weighted by Gasteiger charge is 2.26. The first-order valence-corrected chi connectivity index (χ1v) is 6.99. The Bertz CT molecular complexity index is 514. The first-order valence-electron chi connectivity index (χ1n) is 5.17.